The van der Waals surface area contributed by atoms with Gasteiger partial charge in [0.05, 0.1) is 12.1 Å². The van der Waals surface area contributed by atoms with Crippen LogP contribution in [0.4, 0.5) is 13.2 Å². The Kier molecular flexibility index (Phi) is 4.73. The number of hydrogen-bond donors (Lipinski definition) is 1. The van der Waals surface area contributed by atoms with E-state index in [-0.39, 0.29) is 30.7 Å². The fourth-order valence-corrected chi connectivity index (χ4v) is 1.62. The summed E-state index contributed by atoms with van der Waals surface area (Å²) < 4.78 is 42.6. The number of alkyl halides is 3. The minimum Gasteiger partial charge on any atom is -0.481 e. The summed E-state index contributed by atoms with van der Waals surface area (Å²) in [5.74, 6) is 5.57. The van der Waals surface area contributed by atoms with Gasteiger partial charge in [-0.3, -0.25) is 4.79 Å². The number of halogens is 3. The number of nitrogens with one attached hydrogen (secondary N) is 1. The molecule has 1 saturated carbocycles. The first-order valence-electron chi connectivity index (χ1n) is 6.50. The van der Waals surface area contributed by atoms with Gasteiger partial charge in [-0.15, -0.1) is 0 Å². The molecule has 0 aliphatic heterocycles. The first-order chi connectivity index (χ1) is 9.97. The van der Waals surface area contributed by atoms with Crippen LogP contribution < -0.4 is 10.1 Å². The van der Waals surface area contributed by atoms with Crippen molar-refractivity contribution < 1.29 is 22.7 Å². The Hall–Kier alpha value is -2.16. The number of ether oxygens (including phenoxy) is 1. The lowest BCUT2D eigenvalue weighted by molar-refractivity contribution is -0.137. The third kappa shape index (κ3) is 5.03. The van der Waals surface area contributed by atoms with Gasteiger partial charge in [-0.2, -0.15) is 13.2 Å². The van der Waals surface area contributed by atoms with E-state index in [2.05, 4.69) is 17.2 Å². The fraction of sp³-hybridized carbons (Fsp3) is 0.400. The van der Waals surface area contributed by atoms with E-state index in [4.69, 9.17) is 4.74 Å². The number of carbonyl (C=O) groups is 1. The van der Waals surface area contributed by atoms with E-state index in [9.17, 15) is 18.0 Å². The molecule has 0 spiro atoms. The van der Waals surface area contributed by atoms with Gasteiger partial charge in [0.15, 0.2) is 0 Å². The van der Waals surface area contributed by atoms with E-state index in [0.29, 0.717) is 0 Å². The molecule has 0 unspecified atom stereocenters. The number of hydrogen-bond acceptors (Lipinski definition) is 2. The first-order valence-corrected chi connectivity index (χ1v) is 6.50. The zero-order valence-electron chi connectivity index (χ0n) is 11.2. The normalized spacial score (nSPS) is 14.0. The molecule has 0 heterocycles. The molecule has 0 atom stereocenters. The third-order valence-corrected chi connectivity index (χ3v) is 2.90. The zero-order valence-corrected chi connectivity index (χ0v) is 11.2. The zero-order chi connectivity index (χ0) is 15.3. The van der Waals surface area contributed by atoms with Gasteiger partial charge in [0.2, 0.25) is 5.91 Å². The van der Waals surface area contributed by atoms with Crippen molar-refractivity contribution in [2.45, 2.75) is 19.0 Å². The van der Waals surface area contributed by atoms with E-state index < -0.39 is 11.7 Å². The summed E-state index contributed by atoms with van der Waals surface area (Å²) >= 11 is 0. The highest BCUT2D eigenvalue weighted by Gasteiger charge is 2.30. The lowest BCUT2D eigenvalue weighted by Gasteiger charge is -2.08. The van der Waals surface area contributed by atoms with Gasteiger partial charge in [-0.25, -0.2) is 0 Å². The largest absolute Gasteiger partial charge is 0.481 e. The van der Waals surface area contributed by atoms with Crippen molar-refractivity contribution in [1.82, 2.24) is 5.32 Å². The van der Waals surface area contributed by atoms with Gasteiger partial charge in [0, 0.05) is 5.92 Å². The van der Waals surface area contributed by atoms with Crippen molar-refractivity contribution in [2.24, 2.45) is 5.92 Å². The second kappa shape index (κ2) is 6.53. The standard InChI is InChI=1S/C15H14F3NO2/c16-15(17,18)12-4-3-5-13(10-12)21-9-2-1-8-19-14(20)11-6-7-11/h3-5,10-11H,6-9H2,(H,19,20). The van der Waals surface area contributed by atoms with Gasteiger partial charge in [0.25, 0.3) is 0 Å². The van der Waals surface area contributed by atoms with Crippen LogP contribution in [0.2, 0.25) is 0 Å². The molecule has 21 heavy (non-hydrogen) atoms. The Bertz CT molecular complexity index is 568. The van der Waals surface area contributed by atoms with Crippen LogP contribution in [0, 0.1) is 17.8 Å². The maximum absolute atomic E-state index is 12.5. The van der Waals surface area contributed by atoms with Crippen molar-refractivity contribution in [3.63, 3.8) is 0 Å². The van der Waals surface area contributed by atoms with Crippen molar-refractivity contribution >= 4 is 5.91 Å². The van der Waals surface area contributed by atoms with Crippen LogP contribution in [0.5, 0.6) is 5.75 Å². The van der Waals surface area contributed by atoms with E-state index >= 15 is 0 Å². The molecule has 6 heteroatoms. The molecular formula is C15H14F3NO2. The average Bonchev–Trinajstić information content (AvgIpc) is 3.26. The number of benzene rings is 1. The predicted octanol–water partition coefficient (Wildman–Crippen LogP) is 2.61. The highest BCUT2D eigenvalue weighted by molar-refractivity contribution is 5.81. The van der Waals surface area contributed by atoms with Crippen LogP contribution in [0.15, 0.2) is 24.3 Å². The Morgan fingerprint density at radius 1 is 1.33 bits per heavy atom. The van der Waals surface area contributed by atoms with Gasteiger partial charge < -0.3 is 10.1 Å². The monoisotopic (exact) mass is 297 g/mol. The van der Waals surface area contributed by atoms with Crippen LogP contribution in [0.1, 0.15) is 18.4 Å². The molecule has 0 radical (unpaired) electrons. The van der Waals surface area contributed by atoms with Gasteiger partial charge in [-0.1, -0.05) is 17.9 Å². The van der Waals surface area contributed by atoms with Gasteiger partial charge in [0.1, 0.15) is 12.4 Å². The summed E-state index contributed by atoms with van der Waals surface area (Å²) in [6.45, 7) is 0.196. The number of carbonyl (C=O) groups excluding carboxylic acids is 1. The Morgan fingerprint density at radius 3 is 2.76 bits per heavy atom. The van der Waals surface area contributed by atoms with E-state index in [1.54, 1.807) is 0 Å². The molecule has 3 nitrogen and oxygen atoms in total. The summed E-state index contributed by atoms with van der Waals surface area (Å²) in [4.78, 5) is 11.3. The molecule has 112 valence electrons. The number of rotatable bonds is 4. The van der Waals surface area contributed by atoms with Crippen LogP contribution in [-0.2, 0) is 11.0 Å². The maximum Gasteiger partial charge on any atom is 0.416 e. The summed E-state index contributed by atoms with van der Waals surface area (Å²) in [5, 5.41) is 2.66. The second-order valence-electron chi connectivity index (χ2n) is 4.66. The van der Waals surface area contributed by atoms with Crippen LogP contribution >= 0.6 is 0 Å². The Labute approximate surface area is 120 Å². The minimum atomic E-state index is -4.39. The SMILES string of the molecule is O=C(NCC#CCOc1cccc(C(F)(F)F)c1)C1CC1. The quantitative estimate of drug-likeness (QED) is 0.868. The van der Waals surface area contributed by atoms with Crippen molar-refractivity contribution in [3.8, 4) is 17.6 Å². The van der Waals surface area contributed by atoms with E-state index in [1.807, 2.05) is 0 Å². The lowest BCUT2D eigenvalue weighted by atomic mass is 10.2. The summed E-state index contributed by atoms with van der Waals surface area (Å²) in [5.41, 5.74) is -0.760. The average molecular weight is 297 g/mol. The third-order valence-electron chi connectivity index (χ3n) is 2.90. The summed E-state index contributed by atoms with van der Waals surface area (Å²) in [6.07, 6.45) is -2.53. The summed E-state index contributed by atoms with van der Waals surface area (Å²) in [7, 11) is 0. The highest BCUT2D eigenvalue weighted by Crippen LogP contribution is 2.31. The molecule has 0 bridgehead atoms. The van der Waals surface area contributed by atoms with Crippen LogP contribution in [-0.4, -0.2) is 19.1 Å². The fourth-order valence-electron chi connectivity index (χ4n) is 1.62. The number of amides is 1. The van der Waals surface area contributed by atoms with Gasteiger partial charge >= 0.3 is 6.18 Å². The lowest BCUT2D eigenvalue weighted by Crippen LogP contribution is -2.24. The molecule has 1 N–H and O–H groups in total. The molecule has 1 aromatic carbocycles. The predicted molar refractivity (Wildman–Crippen MR) is 70.4 cm³/mol. The smallest absolute Gasteiger partial charge is 0.416 e. The Balaban J connectivity index is 1.74. The van der Waals surface area contributed by atoms with Crippen molar-refractivity contribution in [3.05, 3.63) is 29.8 Å². The molecule has 1 amide bonds. The molecule has 1 aliphatic carbocycles. The Morgan fingerprint density at radius 2 is 2.10 bits per heavy atom. The van der Waals surface area contributed by atoms with Crippen molar-refractivity contribution in [1.29, 1.82) is 0 Å². The molecular weight excluding hydrogens is 283 g/mol. The molecule has 0 saturated heterocycles. The van der Waals surface area contributed by atoms with Crippen LogP contribution in [0.3, 0.4) is 0 Å². The molecule has 1 fully saturated rings. The first kappa shape index (κ1) is 15.2. The van der Waals surface area contributed by atoms with Crippen molar-refractivity contribution in [2.75, 3.05) is 13.2 Å². The molecule has 1 aliphatic rings. The van der Waals surface area contributed by atoms with Gasteiger partial charge in [-0.05, 0) is 31.0 Å². The highest BCUT2D eigenvalue weighted by atomic mass is 19.4. The maximum atomic E-state index is 12.5. The van der Waals surface area contributed by atoms with E-state index in [1.165, 1.54) is 12.1 Å². The second-order valence-corrected chi connectivity index (χ2v) is 4.66. The molecule has 0 aromatic heterocycles. The van der Waals surface area contributed by atoms with E-state index in [0.717, 1.165) is 25.0 Å². The summed E-state index contributed by atoms with van der Waals surface area (Å²) in [6, 6.07) is 4.62. The minimum absolute atomic E-state index is 0.00287. The molecule has 1 aromatic rings. The van der Waals surface area contributed by atoms with Crippen LogP contribution in [0.25, 0.3) is 0 Å². The molecule has 2 rings (SSSR count). The topological polar surface area (TPSA) is 38.3 Å².